The average Bonchev–Trinajstić information content (AvgIpc) is 2.83. The van der Waals surface area contributed by atoms with Gasteiger partial charge in [0.05, 0.1) is 20.3 Å². The summed E-state index contributed by atoms with van der Waals surface area (Å²) in [5, 5.41) is 9.00. The number of rotatable bonds is 8. The zero-order valence-corrected chi connectivity index (χ0v) is 11.0. The van der Waals surface area contributed by atoms with Crippen molar-refractivity contribution in [3.05, 3.63) is 23.7 Å². The van der Waals surface area contributed by atoms with Gasteiger partial charge in [0.2, 0.25) is 5.76 Å². The van der Waals surface area contributed by atoms with Crippen molar-refractivity contribution in [1.82, 2.24) is 4.90 Å². The Balaban J connectivity index is 2.57. The molecule has 1 aromatic rings. The number of hydrogen-bond donors (Lipinski definition) is 1. The highest BCUT2D eigenvalue weighted by atomic mass is 16.5. The van der Waals surface area contributed by atoms with Gasteiger partial charge in [-0.2, -0.15) is 0 Å². The van der Waals surface area contributed by atoms with Crippen LogP contribution < -0.4 is 0 Å². The van der Waals surface area contributed by atoms with E-state index in [1.807, 2.05) is 0 Å². The first-order chi connectivity index (χ1) is 8.71. The molecule has 0 amide bonds. The molecule has 5 heteroatoms. The minimum absolute atomic E-state index is 0.119. The van der Waals surface area contributed by atoms with Crippen LogP contribution in [0.1, 0.15) is 36.1 Å². The number of hydrogen-bond acceptors (Lipinski definition) is 5. The van der Waals surface area contributed by atoms with Gasteiger partial charge in [-0.05, 0) is 25.1 Å². The number of ether oxygens (including phenoxy) is 1. The molecular weight excluding hydrogens is 234 g/mol. The second kappa shape index (κ2) is 7.89. The number of aliphatic hydroxyl groups is 1. The van der Waals surface area contributed by atoms with Crippen molar-refractivity contribution in [2.45, 2.75) is 26.3 Å². The first-order valence-corrected chi connectivity index (χ1v) is 6.21. The highest BCUT2D eigenvalue weighted by Crippen LogP contribution is 2.12. The second-order valence-electron chi connectivity index (χ2n) is 4.11. The van der Waals surface area contributed by atoms with E-state index in [0.717, 1.165) is 19.4 Å². The first kappa shape index (κ1) is 14.7. The van der Waals surface area contributed by atoms with Crippen LogP contribution in [-0.4, -0.2) is 42.8 Å². The van der Waals surface area contributed by atoms with E-state index in [-0.39, 0.29) is 12.4 Å². The van der Waals surface area contributed by atoms with Crippen molar-refractivity contribution in [2.24, 2.45) is 0 Å². The number of esters is 1. The van der Waals surface area contributed by atoms with Gasteiger partial charge in [0.25, 0.3) is 0 Å². The predicted molar refractivity (Wildman–Crippen MR) is 67.3 cm³/mol. The van der Waals surface area contributed by atoms with Crippen molar-refractivity contribution in [3.8, 4) is 0 Å². The Hall–Kier alpha value is -1.33. The molecule has 0 aliphatic rings. The molecule has 0 saturated heterocycles. The molecule has 1 aromatic heterocycles. The Bertz CT molecular complexity index is 362. The van der Waals surface area contributed by atoms with Crippen LogP contribution in [0.4, 0.5) is 0 Å². The van der Waals surface area contributed by atoms with E-state index in [1.54, 1.807) is 12.1 Å². The number of carbonyl (C=O) groups excluding carboxylic acids is 1. The van der Waals surface area contributed by atoms with Crippen LogP contribution in [0.2, 0.25) is 0 Å². The Labute approximate surface area is 107 Å². The Morgan fingerprint density at radius 2 is 2.22 bits per heavy atom. The maximum Gasteiger partial charge on any atom is 0.373 e. The SMILES string of the molecule is CCCCN(CCO)Cc1ccc(C(=O)OC)o1. The molecular formula is C13H21NO4. The zero-order valence-electron chi connectivity index (χ0n) is 11.0. The normalized spacial score (nSPS) is 10.9. The highest BCUT2D eigenvalue weighted by Gasteiger charge is 2.13. The summed E-state index contributed by atoms with van der Waals surface area (Å²) in [5.74, 6) is 0.454. The monoisotopic (exact) mass is 255 g/mol. The Kier molecular flexibility index (Phi) is 6.46. The van der Waals surface area contributed by atoms with E-state index >= 15 is 0 Å². The van der Waals surface area contributed by atoms with Crippen LogP contribution in [-0.2, 0) is 11.3 Å². The molecule has 102 valence electrons. The topological polar surface area (TPSA) is 62.9 Å². The van der Waals surface area contributed by atoms with Gasteiger partial charge in [-0.3, -0.25) is 4.90 Å². The summed E-state index contributed by atoms with van der Waals surface area (Å²) in [4.78, 5) is 13.3. The zero-order chi connectivity index (χ0) is 13.4. The standard InChI is InChI=1S/C13H21NO4/c1-3-4-7-14(8-9-15)10-11-5-6-12(18-11)13(16)17-2/h5-6,15H,3-4,7-10H2,1-2H3. The quantitative estimate of drug-likeness (QED) is 0.716. The summed E-state index contributed by atoms with van der Waals surface area (Å²) in [6, 6.07) is 3.38. The molecule has 0 aliphatic carbocycles. The molecule has 1 N–H and O–H groups in total. The minimum atomic E-state index is -0.469. The summed E-state index contributed by atoms with van der Waals surface area (Å²) in [7, 11) is 1.32. The number of unbranched alkanes of at least 4 members (excludes halogenated alkanes) is 1. The maximum absolute atomic E-state index is 11.2. The lowest BCUT2D eigenvalue weighted by molar-refractivity contribution is 0.0560. The number of methoxy groups -OCH3 is 1. The van der Waals surface area contributed by atoms with Crippen LogP contribution in [0.3, 0.4) is 0 Å². The fourth-order valence-electron chi connectivity index (χ4n) is 1.69. The Morgan fingerprint density at radius 3 is 2.83 bits per heavy atom. The van der Waals surface area contributed by atoms with Gasteiger partial charge in [-0.1, -0.05) is 13.3 Å². The summed E-state index contributed by atoms with van der Waals surface area (Å²) in [5.41, 5.74) is 0. The third kappa shape index (κ3) is 4.50. The predicted octanol–water partition coefficient (Wildman–Crippen LogP) is 1.66. The minimum Gasteiger partial charge on any atom is -0.463 e. The van der Waals surface area contributed by atoms with Gasteiger partial charge in [-0.25, -0.2) is 4.79 Å². The van der Waals surface area contributed by atoms with Crippen LogP contribution in [0.5, 0.6) is 0 Å². The van der Waals surface area contributed by atoms with E-state index < -0.39 is 5.97 Å². The van der Waals surface area contributed by atoms with Gasteiger partial charge in [-0.15, -0.1) is 0 Å². The number of aliphatic hydroxyl groups excluding tert-OH is 1. The molecule has 0 unspecified atom stereocenters. The van der Waals surface area contributed by atoms with Crippen LogP contribution >= 0.6 is 0 Å². The van der Waals surface area contributed by atoms with Crippen LogP contribution in [0, 0.1) is 0 Å². The summed E-state index contributed by atoms with van der Waals surface area (Å²) >= 11 is 0. The molecule has 0 saturated carbocycles. The summed E-state index contributed by atoms with van der Waals surface area (Å²) in [6.07, 6.45) is 2.18. The van der Waals surface area contributed by atoms with Crippen molar-refractivity contribution in [2.75, 3.05) is 26.8 Å². The van der Waals surface area contributed by atoms with E-state index in [0.29, 0.717) is 18.8 Å². The molecule has 18 heavy (non-hydrogen) atoms. The molecule has 0 aromatic carbocycles. The fraction of sp³-hybridized carbons (Fsp3) is 0.615. The Morgan fingerprint density at radius 1 is 1.44 bits per heavy atom. The van der Waals surface area contributed by atoms with Gasteiger partial charge >= 0.3 is 5.97 Å². The van der Waals surface area contributed by atoms with Gasteiger partial charge < -0.3 is 14.3 Å². The summed E-state index contributed by atoms with van der Waals surface area (Å²) < 4.78 is 9.98. The number of furan rings is 1. The highest BCUT2D eigenvalue weighted by molar-refractivity contribution is 5.86. The molecule has 5 nitrogen and oxygen atoms in total. The largest absolute Gasteiger partial charge is 0.463 e. The molecule has 1 rings (SSSR count). The molecule has 0 spiro atoms. The van der Waals surface area contributed by atoms with Crippen molar-refractivity contribution in [1.29, 1.82) is 0 Å². The fourth-order valence-corrected chi connectivity index (χ4v) is 1.69. The molecule has 0 radical (unpaired) electrons. The third-order valence-corrected chi connectivity index (χ3v) is 2.67. The molecule has 1 heterocycles. The van der Waals surface area contributed by atoms with Gasteiger partial charge in [0.15, 0.2) is 0 Å². The van der Waals surface area contributed by atoms with Crippen molar-refractivity contribution in [3.63, 3.8) is 0 Å². The van der Waals surface area contributed by atoms with Crippen molar-refractivity contribution >= 4 is 5.97 Å². The maximum atomic E-state index is 11.2. The second-order valence-corrected chi connectivity index (χ2v) is 4.11. The van der Waals surface area contributed by atoms with Crippen LogP contribution in [0.15, 0.2) is 16.5 Å². The molecule has 0 aliphatic heterocycles. The molecule has 0 fully saturated rings. The first-order valence-electron chi connectivity index (χ1n) is 6.21. The van der Waals surface area contributed by atoms with E-state index in [2.05, 4.69) is 16.6 Å². The van der Waals surface area contributed by atoms with E-state index in [9.17, 15) is 4.79 Å². The van der Waals surface area contributed by atoms with Crippen LogP contribution in [0.25, 0.3) is 0 Å². The lowest BCUT2D eigenvalue weighted by Gasteiger charge is -2.19. The molecule has 0 bridgehead atoms. The molecule has 0 atom stereocenters. The van der Waals surface area contributed by atoms with Gasteiger partial charge in [0.1, 0.15) is 5.76 Å². The summed E-state index contributed by atoms with van der Waals surface area (Å²) in [6.45, 7) is 4.35. The van der Waals surface area contributed by atoms with Gasteiger partial charge in [0, 0.05) is 6.54 Å². The average molecular weight is 255 g/mol. The van der Waals surface area contributed by atoms with Crippen molar-refractivity contribution < 1.29 is 19.1 Å². The smallest absolute Gasteiger partial charge is 0.373 e. The lowest BCUT2D eigenvalue weighted by Crippen LogP contribution is -2.27. The number of nitrogens with zero attached hydrogens (tertiary/aromatic N) is 1. The van der Waals surface area contributed by atoms with E-state index in [1.165, 1.54) is 7.11 Å². The third-order valence-electron chi connectivity index (χ3n) is 2.67. The van der Waals surface area contributed by atoms with E-state index in [4.69, 9.17) is 9.52 Å². The lowest BCUT2D eigenvalue weighted by atomic mass is 10.3. The number of carbonyl (C=O) groups is 1.